The van der Waals surface area contributed by atoms with Crippen LogP contribution in [0.25, 0.3) is 0 Å². The van der Waals surface area contributed by atoms with Gasteiger partial charge in [-0.05, 0) is 36.4 Å². The first kappa shape index (κ1) is 18.6. The fourth-order valence-electron chi connectivity index (χ4n) is 1.74. The minimum atomic E-state index is -0.438. The van der Waals surface area contributed by atoms with Gasteiger partial charge in [-0.25, -0.2) is 0 Å². The first-order valence-electron chi connectivity index (χ1n) is 6.55. The number of nitrogens with one attached hydrogen (secondary N) is 2. The Kier molecular flexibility index (Phi) is 6.52. The molecule has 2 amide bonds. The Labute approximate surface area is 158 Å². The van der Waals surface area contributed by atoms with Crippen LogP contribution in [0.1, 0.15) is 20.7 Å². The molecule has 0 bridgehead atoms. The normalized spacial score (nSPS) is 10.7. The number of hydrogen-bond acceptors (Lipinski definition) is 2. The van der Waals surface area contributed by atoms with Gasteiger partial charge in [0.05, 0.1) is 21.2 Å². The summed E-state index contributed by atoms with van der Waals surface area (Å²) < 4.78 is 0. The van der Waals surface area contributed by atoms with Crippen molar-refractivity contribution in [2.24, 2.45) is 0 Å². The van der Waals surface area contributed by atoms with E-state index in [1.54, 1.807) is 12.1 Å². The molecule has 2 aromatic rings. The second-order valence-electron chi connectivity index (χ2n) is 4.53. The van der Waals surface area contributed by atoms with Crippen LogP contribution in [-0.4, -0.2) is 11.8 Å². The Hall–Kier alpha value is -1.72. The highest BCUT2D eigenvalue weighted by Crippen LogP contribution is 2.21. The Morgan fingerprint density at radius 3 is 1.42 bits per heavy atom. The average molecular weight is 404 g/mol. The Morgan fingerprint density at radius 2 is 1.08 bits per heavy atom. The molecule has 124 valence electrons. The molecule has 0 aromatic heterocycles. The van der Waals surface area contributed by atoms with Crippen molar-refractivity contribution in [2.45, 2.75) is 0 Å². The zero-order chi connectivity index (χ0) is 17.7. The molecule has 0 spiro atoms. The lowest BCUT2D eigenvalue weighted by molar-refractivity contribution is 0.0956. The fourth-order valence-corrected chi connectivity index (χ4v) is 2.73. The molecule has 2 rings (SSSR count). The van der Waals surface area contributed by atoms with Gasteiger partial charge in [-0.15, -0.1) is 0 Å². The van der Waals surface area contributed by atoms with Crippen LogP contribution in [0.2, 0.25) is 20.1 Å². The molecule has 0 heterocycles. The lowest BCUT2D eigenvalue weighted by Crippen LogP contribution is -2.21. The van der Waals surface area contributed by atoms with Gasteiger partial charge in [0.15, 0.2) is 0 Å². The molecule has 0 radical (unpaired) electrons. The summed E-state index contributed by atoms with van der Waals surface area (Å²) >= 11 is 23.4. The topological polar surface area (TPSA) is 58.2 Å². The number of rotatable bonds is 4. The van der Waals surface area contributed by atoms with Crippen LogP contribution < -0.4 is 10.6 Å². The molecule has 0 saturated heterocycles. The number of benzene rings is 2. The van der Waals surface area contributed by atoms with Gasteiger partial charge >= 0.3 is 0 Å². The predicted octanol–water partition coefficient (Wildman–Crippen LogP) is 4.93. The van der Waals surface area contributed by atoms with Crippen LogP contribution in [-0.2, 0) is 0 Å². The van der Waals surface area contributed by atoms with Crippen molar-refractivity contribution in [3.63, 3.8) is 0 Å². The number of halogens is 4. The number of carbonyl (C=O) groups is 2. The monoisotopic (exact) mass is 402 g/mol. The second kappa shape index (κ2) is 8.40. The van der Waals surface area contributed by atoms with E-state index in [2.05, 4.69) is 10.6 Å². The van der Waals surface area contributed by atoms with Crippen LogP contribution in [0, 0.1) is 0 Å². The molecular formula is C16H10Cl4N2O2. The van der Waals surface area contributed by atoms with Gasteiger partial charge < -0.3 is 10.6 Å². The van der Waals surface area contributed by atoms with Gasteiger partial charge in [-0.2, -0.15) is 0 Å². The summed E-state index contributed by atoms with van der Waals surface area (Å²) in [6, 6.07) is 9.03. The third-order valence-corrected chi connectivity index (χ3v) is 3.96. The molecule has 0 unspecified atom stereocenters. The van der Waals surface area contributed by atoms with Crippen molar-refractivity contribution in [1.29, 1.82) is 0 Å². The molecule has 2 aromatic carbocycles. The van der Waals surface area contributed by atoms with E-state index in [1.165, 1.54) is 36.7 Å². The van der Waals surface area contributed by atoms with Crippen LogP contribution in [0.3, 0.4) is 0 Å². The van der Waals surface area contributed by atoms with E-state index < -0.39 is 11.8 Å². The first-order valence-corrected chi connectivity index (χ1v) is 8.06. The summed E-state index contributed by atoms with van der Waals surface area (Å²) in [5, 5.41) is 6.26. The van der Waals surface area contributed by atoms with Crippen molar-refractivity contribution in [1.82, 2.24) is 10.6 Å². The van der Waals surface area contributed by atoms with Crippen molar-refractivity contribution in [3.05, 3.63) is 80.0 Å². The van der Waals surface area contributed by atoms with Crippen LogP contribution in [0.15, 0.2) is 48.8 Å². The molecule has 0 fully saturated rings. The first-order chi connectivity index (χ1) is 11.4. The van der Waals surface area contributed by atoms with E-state index in [0.717, 1.165) is 0 Å². The highest BCUT2D eigenvalue weighted by Gasteiger charge is 2.10. The van der Waals surface area contributed by atoms with E-state index in [-0.39, 0.29) is 21.2 Å². The Morgan fingerprint density at radius 1 is 0.708 bits per heavy atom. The molecule has 0 saturated carbocycles. The predicted molar refractivity (Wildman–Crippen MR) is 97.0 cm³/mol. The molecule has 0 aliphatic carbocycles. The molecular weight excluding hydrogens is 394 g/mol. The van der Waals surface area contributed by atoms with Gasteiger partial charge in [0, 0.05) is 22.4 Å². The van der Waals surface area contributed by atoms with E-state index in [4.69, 9.17) is 46.4 Å². The summed E-state index contributed by atoms with van der Waals surface area (Å²) in [6.45, 7) is 0. The summed E-state index contributed by atoms with van der Waals surface area (Å²) in [6.07, 6.45) is 2.55. The third-order valence-electron chi connectivity index (χ3n) is 2.86. The van der Waals surface area contributed by atoms with Crippen LogP contribution in [0.4, 0.5) is 0 Å². The highest BCUT2D eigenvalue weighted by molar-refractivity contribution is 6.37. The summed E-state index contributed by atoms with van der Waals surface area (Å²) in [5.74, 6) is -0.876. The van der Waals surface area contributed by atoms with Crippen LogP contribution in [0.5, 0.6) is 0 Å². The second-order valence-corrected chi connectivity index (χ2v) is 6.22. The maximum Gasteiger partial charge on any atom is 0.256 e. The van der Waals surface area contributed by atoms with Gasteiger partial charge in [0.2, 0.25) is 0 Å². The average Bonchev–Trinajstić information content (AvgIpc) is 2.51. The van der Waals surface area contributed by atoms with Crippen LogP contribution >= 0.6 is 46.4 Å². The lowest BCUT2D eigenvalue weighted by Gasteiger charge is -2.05. The van der Waals surface area contributed by atoms with Crippen molar-refractivity contribution in [2.75, 3.05) is 0 Å². The number of hydrogen-bond donors (Lipinski definition) is 2. The summed E-state index contributed by atoms with van der Waals surface area (Å²) in [4.78, 5) is 23.9. The molecule has 2 N–H and O–H groups in total. The summed E-state index contributed by atoms with van der Waals surface area (Å²) in [7, 11) is 0. The SMILES string of the molecule is O=C(NC=CNC(=O)c1ccc(Cl)cc1Cl)c1ccc(Cl)cc1Cl. The standard InChI is InChI=1S/C16H10Cl4N2O2/c17-9-1-3-11(13(19)7-9)15(23)21-5-6-22-16(24)12-4-2-10(18)8-14(12)20/h1-8H,(H,21,23)(H,22,24). The van der Waals surface area contributed by atoms with E-state index in [0.29, 0.717) is 10.0 Å². The largest absolute Gasteiger partial charge is 0.327 e. The molecule has 8 heteroatoms. The van der Waals surface area contributed by atoms with Crippen molar-refractivity contribution < 1.29 is 9.59 Å². The quantitative estimate of drug-likeness (QED) is 0.760. The minimum absolute atomic E-state index is 0.227. The minimum Gasteiger partial charge on any atom is -0.327 e. The smallest absolute Gasteiger partial charge is 0.256 e. The maximum absolute atomic E-state index is 11.9. The zero-order valence-corrected chi connectivity index (χ0v) is 15.0. The van der Waals surface area contributed by atoms with E-state index >= 15 is 0 Å². The Bertz CT molecular complexity index is 754. The van der Waals surface area contributed by atoms with Crippen molar-refractivity contribution >= 4 is 58.2 Å². The van der Waals surface area contributed by atoms with Gasteiger partial charge in [-0.3, -0.25) is 9.59 Å². The van der Waals surface area contributed by atoms with Crippen molar-refractivity contribution in [3.8, 4) is 0 Å². The van der Waals surface area contributed by atoms with Gasteiger partial charge in [0.1, 0.15) is 0 Å². The zero-order valence-electron chi connectivity index (χ0n) is 11.9. The molecule has 24 heavy (non-hydrogen) atoms. The Balaban J connectivity index is 1.94. The molecule has 0 atom stereocenters. The van der Waals surface area contributed by atoms with E-state index in [1.807, 2.05) is 0 Å². The lowest BCUT2D eigenvalue weighted by atomic mass is 10.2. The fraction of sp³-hybridized carbons (Fsp3) is 0. The molecule has 4 nitrogen and oxygen atoms in total. The number of amides is 2. The molecule has 0 aliphatic rings. The van der Waals surface area contributed by atoms with Gasteiger partial charge in [0.25, 0.3) is 11.8 Å². The third kappa shape index (κ3) is 4.89. The van der Waals surface area contributed by atoms with Gasteiger partial charge in [-0.1, -0.05) is 46.4 Å². The summed E-state index contributed by atoms with van der Waals surface area (Å²) in [5.41, 5.74) is 0.524. The highest BCUT2D eigenvalue weighted by atomic mass is 35.5. The maximum atomic E-state index is 11.9. The van der Waals surface area contributed by atoms with E-state index in [9.17, 15) is 9.59 Å². The number of carbonyl (C=O) groups excluding carboxylic acids is 2. The molecule has 0 aliphatic heterocycles.